The predicted molar refractivity (Wildman–Crippen MR) is 79.1 cm³/mol. The van der Waals surface area contributed by atoms with Crippen molar-refractivity contribution in [3.8, 4) is 5.75 Å². The fraction of sp³-hybridized carbons (Fsp3) is 0.538. The van der Waals surface area contributed by atoms with Gasteiger partial charge in [-0.2, -0.15) is 4.31 Å². The molecule has 0 heterocycles. The average molecular weight is 302 g/mol. The Morgan fingerprint density at radius 1 is 1.35 bits per heavy atom. The zero-order chi connectivity index (χ0) is 15.4. The van der Waals surface area contributed by atoms with E-state index < -0.39 is 15.6 Å². The lowest BCUT2D eigenvalue weighted by Crippen LogP contribution is -2.48. The van der Waals surface area contributed by atoms with Crippen LogP contribution in [0.1, 0.15) is 13.8 Å². The van der Waals surface area contributed by atoms with Crippen LogP contribution in [-0.2, 0) is 10.0 Å². The van der Waals surface area contributed by atoms with Gasteiger partial charge in [-0.05, 0) is 26.0 Å². The molecule has 3 N–H and O–H groups in total. The van der Waals surface area contributed by atoms with Crippen molar-refractivity contribution >= 4 is 15.7 Å². The molecule has 0 bridgehead atoms. The molecule has 114 valence electrons. The molecule has 1 rings (SSSR count). The van der Waals surface area contributed by atoms with Gasteiger partial charge in [-0.15, -0.1) is 0 Å². The first-order chi connectivity index (χ1) is 9.20. The maximum atomic E-state index is 12.1. The summed E-state index contributed by atoms with van der Waals surface area (Å²) in [5.74, 6) is 0.285. The number of aliphatic hydroxyl groups is 1. The van der Waals surface area contributed by atoms with E-state index in [9.17, 15) is 13.5 Å². The van der Waals surface area contributed by atoms with Gasteiger partial charge in [0.25, 0.3) is 0 Å². The highest BCUT2D eigenvalue weighted by Gasteiger charge is 2.32. The summed E-state index contributed by atoms with van der Waals surface area (Å²) in [6, 6.07) is 6.91. The number of aliphatic hydroxyl groups excluding tert-OH is 1. The Morgan fingerprint density at radius 3 is 2.50 bits per heavy atom. The Morgan fingerprint density at radius 2 is 1.95 bits per heavy atom. The molecule has 0 radical (unpaired) electrons. The molecular weight excluding hydrogens is 280 g/mol. The molecule has 0 amide bonds. The summed E-state index contributed by atoms with van der Waals surface area (Å²) in [6.45, 7) is 3.05. The Balaban J connectivity index is 2.63. The number of rotatable bonds is 7. The van der Waals surface area contributed by atoms with Gasteiger partial charge in [0.1, 0.15) is 12.4 Å². The average Bonchev–Trinajstić information content (AvgIpc) is 2.40. The van der Waals surface area contributed by atoms with Crippen molar-refractivity contribution in [2.24, 2.45) is 0 Å². The maximum Gasteiger partial charge on any atom is 0.217 e. The highest BCUT2D eigenvalue weighted by Crippen LogP contribution is 2.20. The molecule has 20 heavy (non-hydrogen) atoms. The lowest BCUT2D eigenvalue weighted by atomic mass is 10.1. The van der Waals surface area contributed by atoms with Crippen molar-refractivity contribution in [3.63, 3.8) is 0 Å². The zero-order valence-corrected chi connectivity index (χ0v) is 12.9. The van der Waals surface area contributed by atoms with Gasteiger partial charge >= 0.3 is 0 Å². The molecule has 0 aliphatic carbocycles. The molecule has 1 aromatic rings. The van der Waals surface area contributed by atoms with E-state index in [4.69, 9.17) is 10.5 Å². The third-order valence-corrected chi connectivity index (χ3v) is 5.19. The van der Waals surface area contributed by atoms with Crippen LogP contribution in [-0.4, -0.2) is 49.4 Å². The second kappa shape index (κ2) is 6.43. The van der Waals surface area contributed by atoms with Crippen LogP contribution < -0.4 is 10.5 Å². The number of ether oxygens (including phenoxy) is 1. The van der Waals surface area contributed by atoms with E-state index in [0.29, 0.717) is 11.4 Å². The molecule has 0 spiro atoms. The van der Waals surface area contributed by atoms with Crippen LogP contribution in [0.4, 0.5) is 5.69 Å². The lowest BCUT2D eigenvalue weighted by Gasteiger charge is -2.32. The minimum atomic E-state index is -3.51. The molecule has 0 saturated heterocycles. The smallest absolute Gasteiger partial charge is 0.217 e. The van der Waals surface area contributed by atoms with E-state index in [1.165, 1.54) is 7.05 Å². The van der Waals surface area contributed by atoms with Crippen molar-refractivity contribution in [2.75, 3.05) is 31.7 Å². The van der Waals surface area contributed by atoms with E-state index in [1.54, 1.807) is 38.1 Å². The Bertz CT molecular complexity index is 543. The van der Waals surface area contributed by atoms with Gasteiger partial charge in [0.15, 0.2) is 0 Å². The summed E-state index contributed by atoms with van der Waals surface area (Å²) < 4.78 is 30.8. The largest absolute Gasteiger partial charge is 0.490 e. The van der Waals surface area contributed by atoms with Crippen LogP contribution >= 0.6 is 0 Å². The van der Waals surface area contributed by atoms with Gasteiger partial charge in [0, 0.05) is 7.05 Å². The number of anilines is 1. The highest BCUT2D eigenvalue weighted by atomic mass is 32.2. The summed E-state index contributed by atoms with van der Waals surface area (Å²) in [5, 5.41) is 9.21. The molecule has 7 heteroatoms. The fourth-order valence-corrected chi connectivity index (χ4v) is 2.86. The van der Waals surface area contributed by atoms with Gasteiger partial charge in [-0.25, -0.2) is 8.42 Å². The monoisotopic (exact) mass is 302 g/mol. The van der Waals surface area contributed by atoms with Crippen molar-refractivity contribution in [2.45, 2.75) is 19.4 Å². The summed E-state index contributed by atoms with van der Waals surface area (Å²) in [6.07, 6.45) is 0. The number of benzene rings is 1. The second-order valence-electron chi connectivity index (χ2n) is 5.14. The van der Waals surface area contributed by atoms with Crippen LogP contribution in [0.15, 0.2) is 24.3 Å². The molecule has 0 aliphatic heterocycles. The van der Waals surface area contributed by atoms with Crippen LogP contribution in [0.2, 0.25) is 0 Å². The molecule has 0 saturated carbocycles. The molecular formula is C13H22N2O4S. The van der Waals surface area contributed by atoms with Gasteiger partial charge < -0.3 is 15.6 Å². The van der Waals surface area contributed by atoms with Gasteiger partial charge in [-0.1, -0.05) is 12.1 Å². The molecule has 0 atom stereocenters. The topological polar surface area (TPSA) is 92.9 Å². The van der Waals surface area contributed by atoms with E-state index in [1.807, 2.05) is 0 Å². The van der Waals surface area contributed by atoms with E-state index >= 15 is 0 Å². The minimum absolute atomic E-state index is 0.00238. The minimum Gasteiger partial charge on any atom is -0.490 e. The summed E-state index contributed by atoms with van der Waals surface area (Å²) in [7, 11) is -2.06. The highest BCUT2D eigenvalue weighted by molar-refractivity contribution is 7.89. The van der Waals surface area contributed by atoms with Crippen molar-refractivity contribution < 1.29 is 18.3 Å². The van der Waals surface area contributed by atoms with Gasteiger partial charge in [0.2, 0.25) is 10.0 Å². The molecule has 6 nitrogen and oxygen atoms in total. The van der Waals surface area contributed by atoms with Gasteiger partial charge in [-0.3, -0.25) is 0 Å². The summed E-state index contributed by atoms with van der Waals surface area (Å²) in [5.41, 5.74) is 5.33. The van der Waals surface area contributed by atoms with Crippen LogP contribution in [0, 0.1) is 0 Å². The Kier molecular flexibility index (Phi) is 5.38. The molecule has 1 aromatic carbocycles. The summed E-state index contributed by atoms with van der Waals surface area (Å²) >= 11 is 0. The van der Waals surface area contributed by atoms with Crippen molar-refractivity contribution in [1.82, 2.24) is 4.31 Å². The number of nitrogen functional groups attached to an aromatic ring is 1. The lowest BCUT2D eigenvalue weighted by molar-refractivity contribution is 0.137. The molecule has 0 aliphatic rings. The molecule has 0 fully saturated rings. The van der Waals surface area contributed by atoms with Gasteiger partial charge in [0.05, 0.1) is 23.6 Å². The first-order valence-electron chi connectivity index (χ1n) is 6.25. The zero-order valence-electron chi connectivity index (χ0n) is 12.0. The first-order valence-corrected chi connectivity index (χ1v) is 7.86. The first kappa shape index (κ1) is 16.7. The maximum absolute atomic E-state index is 12.1. The number of sulfonamides is 1. The quantitative estimate of drug-likeness (QED) is 0.723. The summed E-state index contributed by atoms with van der Waals surface area (Å²) in [4.78, 5) is 0. The second-order valence-corrected chi connectivity index (χ2v) is 7.26. The van der Waals surface area contributed by atoms with E-state index in [0.717, 1.165) is 4.31 Å². The van der Waals surface area contributed by atoms with Crippen molar-refractivity contribution in [3.05, 3.63) is 24.3 Å². The predicted octanol–water partition coefficient (Wildman–Crippen LogP) is 0.680. The number of nitrogens with two attached hydrogens (primary N) is 1. The standard InChI is InChI=1S/C13H22N2O4S/c1-13(2,10-16)15(3)20(17,18)9-8-19-12-7-5-4-6-11(12)14/h4-7,16H,8-10,14H2,1-3H3. The normalized spacial score (nSPS) is 12.7. The fourth-order valence-electron chi connectivity index (χ4n) is 1.48. The third-order valence-electron chi connectivity index (χ3n) is 3.17. The number of hydrogen-bond donors (Lipinski definition) is 2. The van der Waals surface area contributed by atoms with Crippen molar-refractivity contribution in [1.29, 1.82) is 0 Å². The molecule has 0 unspecified atom stereocenters. The number of para-hydroxylation sites is 2. The number of likely N-dealkylation sites (N-methyl/N-ethyl adjacent to an activating group) is 1. The van der Waals surface area contributed by atoms with E-state index in [-0.39, 0.29) is 19.0 Å². The molecule has 0 aromatic heterocycles. The van der Waals surface area contributed by atoms with Crippen LogP contribution in [0.25, 0.3) is 0 Å². The third kappa shape index (κ3) is 4.09. The van der Waals surface area contributed by atoms with Crippen LogP contribution in [0.3, 0.4) is 0 Å². The Labute approximate surface area is 120 Å². The van der Waals surface area contributed by atoms with E-state index in [2.05, 4.69) is 0 Å². The number of hydrogen-bond acceptors (Lipinski definition) is 5. The Hall–Kier alpha value is -1.31. The van der Waals surface area contributed by atoms with Crippen LogP contribution in [0.5, 0.6) is 5.75 Å². The SMILES string of the molecule is CN(C(C)(C)CO)S(=O)(=O)CCOc1ccccc1N. The number of nitrogens with zero attached hydrogens (tertiary/aromatic N) is 1.